The Morgan fingerprint density at radius 2 is 1.76 bits per heavy atom. The normalized spacial score (nSPS) is 17.0. The van der Waals surface area contributed by atoms with Crippen molar-refractivity contribution >= 4 is 11.5 Å². The van der Waals surface area contributed by atoms with Crippen molar-refractivity contribution in [2.75, 3.05) is 37.6 Å². The molecule has 0 amide bonds. The molecular weight excluding hydrogens is 267 g/mol. The summed E-state index contributed by atoms with van der Waals surface area (Å²) in [5.74, 6) is 0.146. The molecule has 0 saturated carbocycles. The van der Waals surface area contributed by atoms with Gasteiger partial charge in [-0.15, -0.1) is 0 Å². The molecule has 1 saturated heterocycles. The zero-order valence-corrected chi connectivity index (χ0v) is 13.2. The number of piperazine rings is 1. The molecule has 1 aromatic rings. The molecule has 1 aliphatic rings. The third-order valence-electron chi connectivity index (χ3n) is 4.06. The van der Waals surface area contributed by atoms with E-state index in [-0.39, 0.29) is 11.2 Å². The number of halogens is 1. The lowest BCUT2D eigenvalue weighted by Crippen LogP contribution is -2.47. The summed E-state index contributed by atoms with van der Waals surface area (Å²) in [5, 5.41) is 0. The van der Waals surface area contributed by atoms with E-state index in [4.69, 9.17) is 0 Å². The first-order valence-corrected chi connectivity index (χ1v) is 7.63. The molecule has 0 atom stereocenters. The van der Waals surface area contributed by atoms with E-state index in [0.29, 0.717) is 17.9 Å². The van der Waals surface area contributed by atoms with Crippen molar-refractivity contribution in [1.82, 2.24) is 4.90 Å². The van der Waals surface area contributed by atoms with Crippen LogP contribution >= 0.6 is 0 Å². The van der Waals surface area contributed by atoms with Gasteiger partial charge in [0.25, 0.3) is 0 Å². The Bertz CT molecular complexity index is 488. The average Bonchev–Trinajstić information content (AvgIpc) is 2.45. The summed E-state index contributed by atoms with van der Waals surface area (Å²) in [5.41, 5.74) is 0.428. The summed E-state index contributed by atoms with van der Waals surface area (Å²) in [6, 6.07) is 6.91. The van der Waals surface area contributed by atoms with Crippen LogP contribution in [-0.2, 0) is 4.79 Å². The number of hydrogen-bond acceptors (Lipinski definition) is 3. The van der Waals surface area contributed by atoms with Crippen LogP contribution < -0.4 is 4.90 Å². The summed E-state index contributed by atoms with van der Waals surface area (Å²) in [7, 11) is 0. The lowest BCUT2D eigenvalue weighted by atomic mass is 9.89. The van der Waals surface area contributed by atoms with Crippen LogP contribution in [0.1, 0.15) is 27.2 Å². The van der Waals surface area contributed by atoms with E-state index in [1.54, 1.807) is 6.07 Å². The third kappa shape index (κ3) is 4.27. The lowest BCUT2D eigenvalue weighted by Gasteiger charge is -2.36. The summed E-state index contributed by atoms with van der Waals surface area (Å²) in [6.45, 7) is 10.1. The van der Waals surface area contributed by atoms with Crippen LogP contribution in [0.3, 0.4) is 0 Å². The Labute approximate surface area is 126 Å². The van der Waals surface area contributed by atoms with Gasteiger partial charge in [-0.3, -0.25) is 9.69 Å². The predicted molar refractivity (Wildman–Crippen MR) is 84.1 cm³/mol. The first kappa shape index (κ1) is 16.0. The van der Waals surface area contributed by atoms with E-state index < -0.39 is 0 Å². The van der Waals surface area contributed by atoms with Crippen LogP contribution in [0.15, 0.2) is 24.3 Å². The van der Waals surface area contributed by atoms with Gasteiger partial charge in [0.2, 0.25) is 0 Å². The van der Waals surface area contributed by atoms with E-state index in [1.807, 2.05) is 32.9 Å². The van der Waals surface area contributed by atoms with Gasteiger partial charge in [-0.2, -0.15) is 0 Å². The Morgan fingerprint density at radius 1 is 1.14 bits per heavy atom. The van der Waals surface area contributed by atoms with Crippen molar-refractivity contribution in [2.24, 2.45) is 5.41 Å². The summed E-state index contributed by atoms with van der Waals surface area (Å²) in [6.07, 6.45) is 0.600. The second-order valence-corrected chi connectivity index (χ2v) is 6.70. The van der Waals surface area contributed by atoms with Gasteiger partial charge >= 0.3 is 0 Å². The molecule has 1 fully saturated rings. The van der Waals surface area contributed by atoms with Crippen LogP contribution in [0.4, 0.5) is 10.1 Å². The number of ketones is 1. The minimum absolute atomic E-state index is 0.158. The monoisotopic (exact) mass is 292 g/mol. The molecule has 0 aromatic heterocycles. The van der Waals surface area contributed by atoms with Gasteiger partial charge < -0.3 is 4.90 Å². The van der Waals surface area contributed by atoms with Crippen LogP contribution in [-0.4, -0.2) is 43.4 Å². The third-order valence-corrected chi connectivity index (χ3v) is 4.06. The number of benzene rings is 1. The number of para-hydroxylation sites is 1. The maximum Gasteiger partial charge on any atom is 0.146 e. The topological polar surface area (TPSA) is 23.6 Å². The highest BCUT2D eigenvalue weighted by Gasteiger charge is 2.23. The van der Waals surface area contributed by atoms with Crippen molar-refractivity contribution in [3.8, 4) is 0 Å². The van der Waals surface area contributed by atoms with E-state index in [2.05, 4.69) is 9.80 Å². The van der Waals surface area contributed by atoms with Crippen molar-refractivity contribution in [2.45, 2.75) is 27.2 Å². The molecule has 1 heterocycles. The lowest BCUT2D eigenvalue weighted by molar-refractivity contribution is -0.126. The quantitative estimate of drug-likeness (QED) is 0.852. The zero-order valence-electron chi connectivity index (χ0n) is 13.2. The molecule has 0 spiro atoms. The Kier molecular flexibility index (Phi) is 4.99. The number of nitrogens with zero attached hydrogens (tertiary/aromatic N) is 2. The molecule has 0 N–H and O–H groups in total. The van der Waals surface area contributed by atoms with Crippen molar-refractivity contribution in [3.05, 3.63) is 30.1 Å². The maximum absolute atomic E-state index is 13.8. The second-order valence-electron chi connectivity index (χ2n) is 6.70. The molecule has 0 bridgehead atoms. The zero-order chi connectivity index (χ0) is 15.5. The molecule has 1 aliphatic heterocycles. The standard InChI is InChI=1S/C17H25FN2O/c1-17(2,3)16(21)8-9-19-10-12-20(13-11-19)15-7-5-4-6-14(15)18/h4-7H,8-13H2,1-3H3. The average molecular weight is 292 g/mol. The van der Waals surface area contributed by atoms with E-state index in [9.17, 15) is 9.18 Å². The van der Waals surface area contributed by atoms with Crippen LogP contribution in [0.2, 0.25) is 0 Å². The second kappa shape index (κ2) is 6.56. The van der Waals surface area contributed by atoms with E-state index in [1.165, 1.54) is 6.07 Å². The molecule has 1 aromatic carbocycles. The highest BCUT2D eigenvalue weighted by Crippen LogP contribution is 2.21. The smallest absolute Gasteiger partial charge is 0.146 e. The molecule has 116 valence electrons. The molecular formula is C17H25FN2O. The molecule has 3 nitrogen and oxygen atoms in total. The largest absolute Gasteiger partial charge is 0.367 e. The van der Waals surface area contributed by atoms with Gasteiger partial charge in [0.15, 0.2) is 0 Å². The summed E-state index contributed by atoms with van der Waals surface area (Å²) >= 11 is 0. The Balaban J connectivity index is 1.81. The van der Waals surface area contributed by atoms with E-state index in [0.717, 1.165) is 32.7 Å². The van der Waals surface area contributed by atoms with Gasteiger partial charge in [0, 0.05) is 44.6 Å². The number of anilines is 1. The number of rotatable bonds is 4. The Morgan fingerprint density at radius 3 is 2.33 bits per heavy atom. The fourth-order valence-corrected chi connectivity index (χ4v) is 2.56. The fourth-order valence-electron chi connectivity index (χ4n) is 2.56. The first-order valence-electron chi connectivity index (χ1n) is 7.63. The first-order chi connectivity index (χ1) is 9.88. The van der Waals surface area contributed by atoms with Gasteiger partial charge in [0.05, 0.1) is 5.69 Å². The molecule has 0 aliphatic carbocycles. The van der Waals surface area contributed by atoms with Crippen LogP contribution in [0.5, 0.6) is 0 Å². The van der Waals surface area contributed by atoms with Gasteiger partial charge in [-0.05, 0) is 12.1 Å². The number of carbonyl (C=O) groups excluding carboxylic acids is 1. The molecule has 2 rings (SSSR count). The van der Waals surface area contributed by atoms with Gasteiger partial charge in [-0.1, -0.05) is 32.9 Å². The fraction of sp³-hybridized carbons (Fsp3) is 0.588. The maximum atomic E-state index is 13.8. The molecule has 4 heteroatoms. The van der Waals surface area contributed by atoms with Crippen LogP contribution in [0.25, 0.3) is 0 Å². The van der Waals surface area contributed by atoms with Gasteiger partial charge in [0.1, 0.15) is 11.6 Å². The Hall–Kier alpha value is -1.42. The highest BCUT2D eigenvalue weighted by atomic mass is 19.1. The summed E-state index contributed by atoms with van der Waals surface area (Å²) < 4.78 is 13.8. The minimum atomic E-state index is -0.255. The summed E-state index contributed by atoms with van der Waals surface area (Å²) in [4.78, 5) is 16.3. The van der Waals surface area contributed by atoms with Crippen molar-refractivity contribution in [1.29, 1.82) is 0 Å². The van der Waals surface area contributed by atoms with Crippen LogP contribution in [0, 0.1) is 11.2 Å². The van der Waals surface area contributed by atoms with Crippen molar-refractivity contribution < 1.29 is 9.18 Å². The predicted octanol–water partition coefficient (Wildman–Crippen LogP) is 2.95. The molecule has 0 unspecified atom stereocenters. The minimum Gasteiger partial charge on any atom is -0.367 e. The SMILES string of the molecule is CC(C)(C)C(=O)CCN1CCN(c2ccccc2F)CC1. The highest BCUT2D eigenvalue weighted by molar-refractivity contribution is 5.83. The number of carbonyl (C=O) groups is 1. The van der Waals surface area contributed by atoms with Crippen molar-refractivity contribution in [3.63, 3.8) is 0 Å². The number of hydrogen-bond donors (Lipinski definition) is 0. The molecule has 0 radical (unpaired) electrons. The molecule has 21 heavy (non-hydrogen) atoms. The van der Waals surface area contributed by atoms with E-state index >= 15 is 0 Å². The van der Waals surface area contributed by atoms with Gasteiger partial charge in [-0.25, -0.2) is 4.39 Å². The number of Topliss-reactive ketones (excluding diaryl/α,β-unsaturated/α-hetero) is 1.